The standard InChI is InChI=1S/C31H28N6O5S/c32-30-24-16-22(10-12-25(24)34-35-30)31(39)36(18-20-6-2-1-3-7-20)19-29(38)37-14-15-42-27-17-21(11-13-26(27)37)23-8-4-5-9-28(23)43(33,40)41/h1-13,16-17H,14-15,18-19H2,(H3,32,34,35)(H2,33,40,41). The normalized spacial score (nSPS) is 12.9. The molecule has 0 fully saturated rings. The SMILES string of the molecule is Nc1n[nH]c2ccc(C(=O)N(CC(=O)N3CCOc4cc(-c5ccccc5S(N)(=O)=O)ccc43)Cc3ccccc3)cc12. The van der Waals surface area contributed by atoms with Crippen LogP contribution in [-0.4, -0.2) is 55.0 Å². The molecule has 1 aliphatic heterocycles. The lowest BCUT2D eigenvalue weighted by molar-refractivity contribution is -0.119. The van der Waals surface area contributed by atoms with Crippen LogP contribution in [0.15, 0.2) is 95.9 Å². The lowest BCUT2D eigenvalue weighted by Crippen LogP contribution is -2.45. The van der Waals surface area contributed by atoms with E-state index in [9.17, 15) is 18.0 Å². The number of aromatic nitrogens is 2. The fourth-order valence-corrected chi connectivity index (χ4v) is 5.96. The maximum Gasteiger partial charge on any atom is 0.254 e. The van der Waals surface area contributed by atoms with E-state index < -0.39 is 10.0 Å². The molecule has 0 saturated heterocycles. The van der Waals surface area contributed by atoms with Gasteiger partial charge in [-0.05, 0) is 47.5 Å². The summed E-state index contributed by atoms with van der Waals surface area (Å²) < 4.78 is 30.2. The topological polar surface area (TPSA) is 165 Å². The van der Waals surface area contributed by atoms with Gasteiger partial charge in [0.05, 0.1) is 22.6 Å². The molecule has 0 unspecified atom stereocenters. The number of hydrogen-bond acceptors (Lipinski definition) is 7. The number of H-pyrrole nitrogens is 1. The van der Waals surface area contributed by atoms with Gasteiger partial charge < -0.3 is 20.3 Å². The Morgan fingerprint density at radius 3 is 2.53 bits per heavy atom. The van der Waals surface area contributed by atoms with E-state index in [-0.39, 0.29) is 48.8 Å². The van der Waals surface area contributed by atoms with E-state index in [1.807, 2.05) is 30.3 Å². The molecule has 12 heteroatoms. The number of anilines is 2. The van der Waals surface area contributed by atoms with Crippen molar-refractivity contribution in [3.8, 4) is 16.9 Å². The third kappa shape index (κ3) is 5.65. The average molecular weight is 597 g/mol. The summed E-state index contributed by atoms with van der Waals surface area (Å²) in [5.74, 6) is 0.0769. The molecule has 0 spiro atoms. The van der Waals surface area contributed by atoms with E-state index in [1.54, 1.807) is 59.5 Å². The molecule has 6 rings (SSSR count). The van der Waals surface area contributed by atoms with Crippen LogP contribution >= 0.6 is 0 Å². The molecule has 5 N–H and O–H groups in total. The number of benzene rings is 4. The lowest BCUT2D eigenvalue weighted by Gasteiger charge is -2.32. The summed E-state index contributed by atoms with van der Waals surface area (Å²) in [5, 5.41) is 12.9. The molecule has 2 amide bonds. The largest absolute Gasteiger partial charge is 0.490 e. The second kappa shape index (κ2) is 11.2. The maximum absolute atomic E-state index is 13.8. The number of amides is 2. The fraction of sp³-hybridized carbons (Fsp3) is 0.129. The summed E-state index contributed by atoms with van der Waals surface area (Å²) in [6.07, 6.45) is 0. The van der Waals surface area contributed by atoms with Gasteiger partial charge in [0.1, 0.15) is 18.9 Å². The van der Waals surface area contributed by atoms with Crippen molar-refractivity contribution in [2.45, 2.75) is 11.4 Å². The number of rotatable bonds is 7. The number of nitrogen functional groups attached to an aromatic ring is 1. The number of carbonyl (C=O) groups excluding carboxylic acids is 2. The van der Waals surface area contributed by atoms with E-state index in [0.29, 0.717) is 39.0 Å². The zero-order chi connectivity index (χ0) is 30.1. The van der Waals surface area contributed by atoms with Gasteiger partial charge in [0.15, 0.2) is 5.82 Å². The molecular weight excluding hydrogens is 568 g/mol. The number of fused-ring (bicyclic) bond motifs is 2. The van der Waals surface area contributed by atoms with Crippen molar-refractivity contribution < 1.29 is 22.7 Å². The minimum atomic E-state index is -3.96. The Morgan fingerprint density at radius 2 is 1.74 bits per heavy atom. The van der Waals surface area contributed by atoms with Crippen LogP contribution < -0.4 is 20.5 Å². The molecule has 0 atom stereocenters. The van der Waals surface area contributed by atoms with Gasteiger partial charge in [-0.2, -0.15) is 5.10 Å². The van der Waals surface area contributed by atoms with Crippen molar-refractivity contribution in [2.75, 3.05) is 30.3 Å². The van der Waals surface area contributed by atoms with Crippen LogP contribution in [0.5, 0.6) is 5.75 Å². The predicted molar refractivity (Wildman–Crippen MR) is 163 cm³/mol. The van der Waals surface area contributed by atoms with E-state index >= 15 is 0 Å². The molecule has 5 aromatic rings. The van der Waals surface area contributed by atoms with E-state index in [0.717, 1.165) is 5.56 Å². The highest BCUT2D eigenvalue weighted by atomic mass is 32.2. The first kappa shape index (κ1) is 27.9. The van der Waals surface area contributed by atoms with Crippen LogP contribution in [0.3, 0.4) is 0 Å². The minimum absolute atomic E-state index is 0.0101. The molecule has 1 aromatic heterocycles. The first-order chi connectivity index (χ1) is 20.7. The number of carbonyl (C=O) groups is 2. The van der Waals surface area contributed by atoms with Crippen LogP contribution in [0.25, 0.3) is 22.0 Å². The highest BCUT2D eigenvalue weighted by Crippen LogP contribution is 2.37. The number of nitrogens with two attached hydrogens (primary N) is 2. The van der Waals surface area contributed by atoms with E-state index in [4.69, 9.17) is 15.6 Å². The summed E-state index contributed by atoms with van der Waals surface area (Å²) in [6, 6.07) is 26.1. The molecule has 0 aliphatic carbocycles. The minimum Gasteiger partial charge on any atom is -0.490 e. The van der Waals surface area contributed by atoms with E-state index in [1.165, 1.54) is 11.0 Å². The van der Waals surface area contributed by atoms with Crippen molar-refractivity contribution in [2.24, 2.45) is 5.14 Å². The van der Waals surface area contributed by atoms with Crippen LogP contribution in [0.2, 0.25) is 0 Å². The maximum atomic E-state index is 13.8. The van der Waals surface area contributed by atoms with Gasteiger partial charge in [0, 0.05) is 23.1 Å². The summed E-state index contributed by atoms with van der Waals surface area (Å²) in [4.78, 5) is 30.7. The molecule has 0 radical (unpaired) electrons. The Kier molecular flexibility index (Phi) is 7.30. The van der Waals surface area contributed by atoms with Crippen LogP contribution in [0, 0.1) is 0 Å². The lowest BCUT2D eigenvalue weighted by atomic mass is 10.0. The highest BCUT2D eigenvalue weighted by molar-refractivity contribution is 7.89. The zero-order valence-corrected chi connectivity index (χ0v) is 23.8. The van der Waals surface area contributed by atoms with Crippen LogP contribution in [0.1, 0.15) is 15.9 Å². The molecule has 2 heterocycles. The van der Waals surface area contributed by atoms with Gasteiger partial charge in [0.2, 0.25) is 15.9 Å². The summed E-state index contributed by atoms with van der Waals surface area (Å²) in [7, 11) is -3.96. The van der Waals surface area contributed by atoms with Gasteiger partial charge >= 0.3 is 0 Å². The zero-order valence-electron chi connectivity index (χ0n) is 22.9. The van der Waals surface area contributed by atoms with Crippen LogP contribution in [0.4, 0.5) is 11.5 Å². The third-order valence-corrected chi connectivity index (χ3v) is 8.27. The number of aromatic amines is 1. The second-order valence-electron chi connectivity index (χ2n) is 10.1. The molecule has 0 bridgehead atoms. The van der Waals surface area contributed by atoms with Crippen molar-refractivity contribution >= 4 is 44.2 Å². The molecule has 4 aromatic carbocycles. The van der Waals surface area contributed by atoms with Gasteiger partial charge in [-0.3, -0.25) is 14.7 Å². The highest BCUT2D eigenvalue weighted by Gasteiger charge is 2.28. The number of nitrogens with one attached hydrogen (secondary N) is 1. The summed E-state index contributed by atoms with van der Waals surface area (Å²) in [6.45, 7) is 0.527. The molecular formula is C31H28N6O5S. The summed E-state index contributed by atoms with van der Waals surface area (Å²) in [5.41, 5.74) is 9.45. The van der Waals surface area contributed by atoms with E-state index in [2.05, 4.69) is 10.2 Å². The van der Waals surface area contributed by atoms with Gasteiger partial charge in [0.25, 0.3) is 5.91 Å². The number of sulfonamides is 1. The van der Waals surface area contributed by atoms with Crippen LogP contribution in [-0.2, 0) is 21.4 Å². The Bertz CT molecular complexity index is 1960. The molecule has 0 saturated carbocycles. The number of ether oxygens (including phenoxy) is 1. The monoisotopic (exact) mass is 596 g/mol. The molecule has 218 valence electrons. The Morgan fingerprint density at radius 1 is 0.977 bits per heavy atom. The molecule has 11 nitrogen and oxygen atoms in total. The fourth-order valence-electron chi connectivity index (χ4n) is 5.20. The van der Waals surface area contributed by atoms with Crippen molar-refractivity contribution in [1.82, 2.24) is 15.1 Å². The Hall–Kier alpha value is -5.20. The average Bonchev–Trinajstić information content (AvgIpc) is 3.39. The third-order valence-electron chi connectivity index (χ3n) is 7.30. The van der Waals surface area contributed by atoms with Gasteiger partial charge in [-0.15, -0.1) is 0 Å². The number of hydrogen-bond donors (Lipinski definition) is 3. The van der Waals surface area contributed by atoms with Gasteiger partial charge in [-0.1, -0.05) is 54.6 Å². The number of primary sulfonamides is 1. The second-order valence-corrected chi connectivity index (χ2v) is 11.7. The molecule has 1 aliphatic rings. The number of nitrogens with zero attached hydrogens (tertiary/aromatic N) is 3. The van der Waals surface area contributed by atoms with Crippen molar-refractivity contribution in [3.05, 3.63) is 102 Å². The van der Waals surface area contributed by atoms with Crippen molar-refractivity contribution in [1.29, 1.82) is 0 Å². The Labute approximate surface area is 247 Å². The Balaban J connectivity index is 1.30. The summed E-state index contributed by atoms with van der Waals surface area (Å²) >= 11 is 0. The first-order valence-electron chi connectivity index (χ1n) is 13.5. The first-order valence-corrected chi connectivity index (χ1v) is 15.0. The van der Waals surface area contributed by atoms with Gasteiger partial charge in [-0.25, -0.2) is 13.6 Å². The smallest absolute Gasteiger partial charge is 0.254 e. The van der Waals surface area contributed by atoms with Crippen molar-refractivity contribution in [3.63, 3.8) is 0 Å². The molecule has 43 heavy (non-hydrogen) atoms. The predicted octanol–water partition coefficient (Wildman–Crippen LogP) is 3.53. The quantitative estimate of drug-likeness (QED) is 0.259.